The largest absolute Gasteiger partial charge is 0.347 e. The van der Waals surface area contributed by atoms with Crippen LogP contribution in [0.15, 0.2) is 17.6 Å². The second-order valence-electron chi connectivity index (χ2n) is 4.97. The molecule has 4 nitrogen and oxygen atoms in total. The molecule has 0 aromatic carbocycles. The molecule has 0 saturated heterocycles. The van der Waals surface area contributed by atoms with E-state index in [2.05, 4.69) is 15.1 Å². The molecule has 100 valence electrons. The van der Waals surface area contributed by atoms with E-state index in [4.69, 9.17) is 0 Å². The first-order valence-corrected chi connectivity index (χ1v) is 7.49. The van der Waals surface area contributed by atoms with Gasteiger partial charge in [0.25, 0.3) is 5.91 Å². The summed E-state index contributed by atoms with van der Waals surface area (Å²) in [6.45, 7) is 3.58. The Morgan fingerprint density at radius 1 is 1.53 bits per heavy atom. The molecule has 3 heterocycles. The summed E-state index contributed by atoms with van der Waals surface area (Å²) in [7, 11) is 0. The molecule has 0 bridgehead atoms. The number of aromatic nitrogens is 2. The molecule has 0 unspecified atom stereocenters. The van der Waals surface area contributed by atoms with E-state index in [9.17, 15) is 4.79 Å². The third-order valence-electron chi connectivity index (χ3n) is 3.46. The summed E-state index contributed by atoms with van der Waals surface area (Å²) in [5, 5.41) is 9.36. The van der Waals surface area contributed by atoms with Crippen molar-refractivity contribution >= 4 is 17.2 Å². The maximum atomic E-state index is 12.0. The molecule has 0 fully saturated rings. The van der Waals surface area contributed by atoms with Gasteiger partial charge in [-0.1, -0.05) is 0 Å². The lowest BCUT2D eigenvalue weighted by Crippen LogP contribution is -2.23. The number of fused-ring (bicyclic) bond motifs is 1. The predicted octanol–water partition coefficient (Wildman–Crippen LogP) is 2.52. The number of carbonyl (C=O) groups excluding carboxylic acids is 1. The van der Waals surface area contributed by atoms with Crippen molar-refractivity contribution in [1.82, 2.24) is 15.1 Å². The van der Waals surface area contributed by atoms with Gasteiger partial charge in [-0.2, -0.15) is 5.10 Å². The molecule has 19 heavy (non-hydrogen) atoms. The number of rotatable bonds is 3. The van der Waals surface area contributed by atoms with E-state index in [-0.39, 0.29) is 5.91 Å². The number of nitrogens with one attached hydrogen (secondary N) is 1. The fraction of sp³-hybridized carbons (Fsp3) is 0.429. The minimum atomic E-state index is 0.00820. The molecule has 0 radical (unpaired) electrons. The van der Waals surface area contributed by atoms with E-state index in [1.165, 1.54) is 29.9 Å². The topological polar surface area (TPSA) is 46.9 Å². The van der Waals surface area contributed by atoms with E-state index in [0.717, 1.165) is 29.0 Å². The molecule has 5 heteroatoms. The summed E-state index contributed by atoms with van der Waals surface area (Å²) < 4.78 is 2.07. The van der Waals surface area contributed by atoms with Gasteiger partial charge in [0.05, 0.1) is 11.1 Å². The Kier molecular flexibility index (Phi) is 3.38. The Bertz CT molecular complexity index is 600. The second-order valence-corrected chi connectivity index (χ2v) is 5.88. The molecule has 0 atom stereocenters. The van der Waals surface area contributed by atoms with Crippen molar-refractivity contribution in [3.8, 4) is 0 Å². The Hall–Kier alpha value is -1.62. The molecule has 2 aromatic heterocycles. The van der Waals surface area contributed by atoms with Crippen LogP contribution in [0.3, 0.4) is 0 Å². The van der Waals surface area contributed by atoms with Crippen LogP contribution in [0.2, 0.25) is 0 Å². The van der Waals surface area contributed by atoms with Gasteiger partial charge in [0, 0.05) is 24.3 Å². The van der Waals surface area contributed by atoms with Gasteiger partial charge >= 0.3 is 0 Å². The number of aryl methyl sites for hydroxylation is 2. The van der Waals surface area contributed by atoms with E-state index in [0.29, 0.717) is 6.54 Å². The highest BCUT2D eigenvalue weighted by molar-refractivity contribution is 7.12. The van der Waals surface area contributed by atoms with Gasteiger partial charge < -0.3 is 5.32 Å². The molecule has 0 saturated carbocycles. The maximum Gasteiger partial charge on any atom is 0.261 e. The number of hydrogen-bond donors (Lipinski definition) is 1. The Labute approximate surface area is 116 Å². The van der Waals surface area contributed by atoms with Gasteiger partial charge in [-0.25, -0.2) is 0 Å². The van der Waals surface area contributed by atoms with Crippen molar-refractivity contribution in [2.24, 2.45) is 0 Å². The smallest absolute Gasteiger partial charge is 0.261 e. The Balaban J connectivity index is 1.66. The van der Waals surface area contributed by atoms with Crippen LogP contribution in [0, 0.1) is 6.92 Å². The summed E-state index contributed by atoms with van der Waals surface area (Å²) in [5.41, 5.74) is 3.58. The van der Waals surface area contributed by atoms with Gasteiger partial charge in [-0.3, -0.25) is 9.48 Å². The lowest BCUT2D eigenvalue weighted by atomic mass is 10.1. The van der Waals surface area contributed by atoms with Crippen molar-refractivity contribution in [3.05, 3.63) is 39.3 Å². The minimum Gasteiger partial charge on any atom is -0.347 e. The zero-order chi connectivity index (χ0) is 13.2. The number of thiophene rings is 1. The SMILES string of the molecule is Cc1csc(C(=O)NCc2cnn3c2CCCC3)c1. The van der Waals surface area contributed by atoms with Gasteiger partial charge in [-0.15, -0.1) is 11.3 Å². The normalized spacial score (nSPS) is 14.2. The molecule has 1 N–H and O–H groups in total. The van der Waals surface area contributed by atoms with Gasteiger partial charge in [0.2, 0.25) is 0 Å². The van der Waals surface area contributed by atoms with E-state index in [1.54, 1.807) is 0 Å². The van der Waals surface area contributed by atoms with Crippen LogP contribution in [0.5, 0.6) is 0 Å². The predicted molar refractivity (Wildman–Crippen MR) is 75.4 cm³/mol. The van der Waals surface area contributed by atoms with Gasteiger partial charge in [0.1, 0.15) is 0 Å². The van der Waals surface area contributed by atoms with Crippen molar-refractivity contribution in [2.45, 2.75) is 39.3 Å². The Morgan fingerprint density at radius 2 is 2.42 bits per heavy atom. The number of carbonyl (C=O) groups is 1. The monoisotopic (exact) mass is 275 g/mol. The third kappa shape index (κ3) is 2.56. The fourth-order valence-electron chi connectivity index (χ4n) is 2.45. The third-order valence-corrected chi connectivity index (χ3v) is 4.51. The molecule has 1 aliphatic rings. The van der Waals surface area contributed by atoms with Crippen LogP contribution in [-0.4, -0.2) is 15.7 Å². The molecular formula is C14H17N3OS. The quantitative estimate of drug-likeness (QED) is 0.935. The standard InChI is InChI=1S/C14H17N3OS/c1-10-6-13(19-9-10)14(18)15-7-11-8-16-17-5-3-2-4-12(11)17/h6,8-9H,2-5,7H2,1H3,(H,15,18). The van der Waals surface area contributed by atoms with E-state index in [1.807, 2.05) is 24.6 Å². The molecule has 3 rings (SSSR count). The first-order valence-electron chi connectivity index (χ1n) is 6.61. The Morgan fingerprint density at radius 3 is 3.21 bits per heavy atom. The lowest BCUT2D eigenvalue weighted by molar-refractivity contribution is 0.0955. The van der Waals surface area contributed by atoms with Crippen LogP contribution in [0.1, 0.15) is 39.3 Å². The van der Waals surface area contributed by atoms with Crippen molar-refractivity contribution in [2.75, 3.05) is 0 Å². The summed E-state index contributed by atoms with van der Waals surface area (Å²) in [6, 6.07) is 1.92. The average molecular weight is 275 g/mol. The zero-order valence-corrected chi connectivity index (χ0v) is 11.8. The molecule has 1 aliphatic heterocycles. The molecule has 0 spiro atoms. The first kappa shape index (κ1) is 12.4. The fourth-order valence-corrected chi connectivity index (χ4v) is 3.26. The number of nitrogens with zero attached hydrogens (tertiary/aromatic N) is 2. The molecule has 2 aromatic rings. The maximum absolute atomic E-state index is 12.0. The van der Waals surface area contributed by atoms with Gasteiger partial charge in [-0.05, 0) is 43.2 Å². The van der Waals surface area contributed by atoms with Crippen LogP contribution in [-0.2, 0) is 19.5 Å². The van der Waals surface area contributed by atoms with Crippen molar-refractivity contribution < 1.29 is 4.79 Å². The van der Waals surface area contributed by atoms with Crippen molar-refractivity contribution in [3.63, 3.8) is 0 Å². The van der Waals surface area contributed by atoms with Crippen LogP contribution in [0.25, 0.3) is 0 Å². The van der Waals surface area contributed by atoms with Crippen LogP contribution >= 0.6 is 11.3 Å². The lowest BCUT2D eigenvalue weighted by Gasteiger charge is -2.14. The number of amides is 1. The summed E-state index contributed by atoms with van der Waals surface area (Å²) >= 11 is 1.49. The minimum absolute atomic E-state index is 0.00820. The van der Waals surface area contributed by atoms with Crippen LogP contribution < -0.4 is 5.32 Å². The summed E-state index contributed by atoms with van der Waals surface area (Å²) in [4.78, 5) is 12.8. The molecular weight excluding hydrogens is 258 g/mol. The van der Waals surface area contributed by atoms with E-state index < -0.39 is 0 Å². The van der Waals surface area contributed by atoms with Crippen LogP contribution in [0.4, 0.5) is 0 Å². The summed E-state index contributed by atoms with van der Waals surface area (Å²) in [6.07, 6.45) is 5.38. The van der Waals surface area contributed by atoms with Gasteiger partial charge in [0.15, 0.2) is 0 Å². The number of hydrogen-bond acceptors (Lipinski definition) is 3. The van der Waals surface area contributed by atoms with Crippen molar-refractivity contribution in [1.29, 1.82) is 0 Å². The highest BCUT2D eigenvalue weighted by Gasteiger charge is 2.15. The molecule has 0 aliphatic carbocycles. The second kappa shape index (κ2) is 5.17. The summed E-state index contributed by atoms with van der Waals surface area (Å²) in [5.74, 6) is 0.00820. The highest BCUT2D eigenvalue weighted by atomic mass is 32.1. The average Bonchev–Trinajstić information content (AvgIpc) is 3.02. The highest BCUT2D eigenvalue weighted by Crippen LogP contribution is 2.18. The molecule has 1 amide bonds. The zero-order valence-electron chi connectivity index (χ0n) is 11.0. The first-order chi connectivity index (χ1) is 9.24. The van der Waals surface area contributed by atoms with E-state index >= 15 is 0 Å².